The van der Waals surface area contributed by atoms with Crippen LogP contribution in [0.15, 0.2) is 18.2 Å². The molecule has 2 rings (SSSR count). The van der Waals surface area contributed by atoms with Gasteiger partial charge >= 0.3 is 0 Å². The van der Waals surface area contributed by atoms with Crippen LogP contribution >= 0.6 is 0 Å². The summed E-state index contributed by atoms with van der Waals surface area (Å²) in [5.74, 6) is -0.227. The van der Waals surface area contributed by atoms with E-state index in [0.29, 0.717) is 23.7 Å². The van der Waals surface area contributed by atoms with Gasteiger partial charge in [-0.3, -0.25) is 4.90 Å². The van der Waals surface area contributed by atoms with Gasteiger partial charge in [0, 0.05) is 37.8 Å². The summed E-state index contributed by atoms with van der Waals surface area (Å²) in [5, 5.41) is 12.1. The maximum Gasteiger partial charge on any atom is 0.127 e. The molecule has 0 saturated carbocycles. The Kier molecular flexibility index (Phi) is 3.72. The quantitative estimate of drug-likeness (QED) is 0.841. The Balaban J connectivity index is 2.14. The van der Waals surface area contributed by atoms with Crippen molar-refractivity contribution in [2.75, 3.05) is 19.6 Å². The van der Waals surface area contributed by atoms with E-state index in [1.165, 1.54) is 12.1 Å². The summed E-state index contributed by atoms with van der Waals surface area (Å²) in [5.41, 5.74) is 1.13. The SMILES string of the molecule is CC1CNCCN1Cc1cc(C#N)ccc1F. The molecule has 1 aromatic rings. The van der Waals surface area contributed by atoms with Crippen molar-refractivity contribution >= 4 is 0 Å². The Labute approximate surface area is 101 Å². The number of nitrogens with one attached hydrogen (secondary N) is 1. The molecule has 1 N–H and O–H groups in total. The van der Waals surface area contributed by atoms with Crippen molar-refractivity contribution < 1.29 is 4.39 Å². The molecule has 0 bridgehead atoms. The van der Waals surface area contributed by atoms with E-state index in [9.17, 15) is 4.39 Å². The lowest BCUT2D eigenvalue weighted by atomic mass is 10.1. The highest BCUT2D eigenvalue weighted by Crippen LogP contribution is 2.15. The van der Waals surface area contributed by atoms with Crippen LogP contribution in [-0.2, 0) is 6.54 Å². The predicted molar refractivity (Wildman–Crippen MR) is 63.9 cm³/mol. The number of halogens is 1. The first-order valence-electron chi connectivity index (χ1n) is 5.84. The van der Waals surface area contributed by atoms with Crippen molar-refractivity contribution in [1.82, 2.24) is 10.2 Å². The van der Waals surface area contributed by atoms with Crippen molar-refractivity contribution in [3.8, 4) is 6.07 Å². The summed E-state index contributed by atoms with van der Waals surface area (Å²) in [6.07, 6.45) is 0. The number of hydrogen-bond acceptors (Lipinski definition) is 3. The fourth-order valence-corrected chi connectivity index (χ4v) is 2.10. The zero-order chi connectivity index (χ0) is 12.3. The van der Waals surface area contributed by atoms with E-state index in [1.54, 1.807) is 6.07 Å². The standard InChI is InChI=1S/C13H16FN3/c1-10-8-16-4-5-17(10)9-12-6-11(7-15)2-3-13(12)14/h2-3,6,10,16H,4-5,8-9H2,1H3. The summed E-state index contributed by atoms with van der Waals surface area (Å²) in [6, 6.07) is 6.98. The van der Waals surface area contributed by atoms with E-state index in [4.69, 9.17) is 5.26 Å². The van der Waals surface area contributed by atoms with E-state index >= 15 is 0 Å². The second kappa shape index (κ2) is 5.26. The zero-order valence-electron chi connectivity index (χ0n) is 9.91. The minimum atomic E-state index is -0.227. The highest BCUT2D eigenvalue weighted by atomic mass is 19.1. The molecule has 0 spiro atoms. The Morgan fingerprint density at radius 1 is 1.59 bits per heavy atom. The molecule has 0 aliphatic carbocycles. The minimum absolute atomic E-state index is 0.227. The van der Waals surface area contributed by atoms with Gasteiger partial charge in [-0.25, -0.2) is 4.39 Å². The molecule has 3 nitrogen and oxygen atoms in total. The molecular weight excluding hydrogens is 217 g/mol. The third-order valence-corrected chi connectivity index (χ3v) is 3.19. The van der Waals surface area contributed by atoms with Gasteiger partial charge in [0.2, 0.25) is 0 Å². The molecule has 0 aromatic heterocycles. The van der Waals surface area contributed by atoms with Gasteiger partial charge in [0.05, 0.1) is 11.6 Å². The summed E-state index contributed by atoms with van der Waals surface area (Å²) < 4.78 is 13.6. The van der Waals surface area contributed by atoms with Crippen LogP contribution in [0.25, 0.3) is 0 Å². The lowest BCUT2D eigenvalue weighted by Crippen LogP contribution is -2.49. The molecule has 1 atom stereocenters. The Hall–Kier alpha value is -1.44. The van der Waals surface area contributed by atoms with E-state index in [1.807, 2.05) is 6.07 Å². The average Bonchev–Trinajstić information content (AvgIpc) is 2.35. The maximum atomic E-state index is 13.6. The van der Waals surface area contributed by atoms with E-state index in [-0.39, 0.29) is 5.82 Å². The zero-order valence-corrected chi connectivity index (χ0v) is 9.91. The first kappa shape index (κ1) is 12.0. The lowest BCUT2D eigenvalue weighted by Gasteiger charge is -2.33. The molecule has 1 fully saturated rings. The first-order chi connectivity index (χ1) is 8.20. The molecule has 17 heavy (non-hydrogen) atoms. The predicted octanol–water partition coefficient (Wildman–Crippen LogP) is 1.49. The van der Waals surface area contributed by atoms with Crippen molar-refractivity contribution in [3.63, 3.8) is 0 Å². The number of benzene rings is 1. The average molecular weight is 233 g/mol. The van der Waals surface area contributed by atoms with Gasteiger partial charge in [0.15, 0.2) is 0 Å². The number of rotatable bonds is 2. The Morgan fingerprint density at radius 2 is 2.41 bits per heavy atom. The maximum absolute atomic E-state index is 13.6. The molecule has 0 radical (unpaired) electrons. The fourth-order valence-electron chi connectivity index (χ4n) is 2.10. The van der Waals surface area contributed by atoms with Crippen molar-refractivity contribution in [1.29, 1.82) is 5.26 Å². The topological polar surface area (TPSA) is 39.1 Å². The smallest absolute Gasteiger partial charge is 0.127 e. The summed E-state index contributed by atoms with van der Waals surface area (Å²) in [4.78, 5) is 2.23. The summed E-state index contributed by atoms with van der Waals surface area (Å²) in [6.45, 7) is 5.48. The van der Waals surface area contributed by atoms with Crippen LogP contribution in [-0.4, -0.2) is 30.6 Å². The third kappa shape index (κ3) is 2.82. The van der Waals surface area contributed by atoms with Gasteiger partial charge < -0.3 is 5.32 Å². The van der Waals surface area contributed by atoms with Crippen LogP contribution < -0.4 is 5.32 Å². The molecule has 1 unspecified atom stereocenters. The first-order valence-corrected chi connectivity index (χ1v) is 5.84. The monoisotopic (exact) mass is 233 g/mol. The molecule has 4 heteroatoms. The number of nitriles is 1. The van der Waals surface area contributed by atoms with Gasteiger partial charge in [-0.2, -0.15) is 5.26 Å². The van der Waals surface area contributed by atoms with Gasteiger partial charge in [0.25, 0.3) is 0 Å². The highest BCUT2D eigenvalue weighted by molar-refractivity contribution is 5.33. The minimum Gasteiger partial charge on any atom is -0.314 e. The van der Waals surface area contributed by atoms with Crippen LogP contribution in [0.4, 0.5) is 4.39 Å². The molecule has 1 aromatic carbocycles. The normalized spacial score (nSPS) is 21.1. The van der Waals surface area contributed by atoms with Crippen LogP contribution in [0.3, 0.4) is 0 Å². The molecule has 1 aliphatic heterocycles. The van der Waals surface area contributed by atoms with Crippen molar-refractivity contribution in [2.45, 2.75) is 19.5 Å². The summed E-state index contributed by atoms with van der Waals surface area (Å²) in [7, 11) is 0. The number of piperazine rings is 1. The van der Waals surface area contributed by atoms with Crippen molar-refractivity contribution in [2.24, 2.45) is 0 Å². The van der Waals surface area contributed by atoms with Gasteiger partial charge in [-0.1, -0.05) is 0 Å². The Morgan fingerprint density at radius 3 is 3.12 bits per heavy atom. The van der Waals surface area contributed by atoms with Gasteiger partial charge in [0.1, 0.15) is 5.82 Å². The van der Waals surface area contributed by atoms with Crippen molar-refractivity contribution in [3.05, 3.63) is 35.1 Å². The number of hydrogen-bond donors (Lipinski definition) is 1. The van der Waals surface area contributed by atoms with E-state index in [2.05, 4.69) is 17.1 Å². The molecular formula is C13H16FN3. The van der Waals surface area contributed by atoms with Gasteiger partial charge in [-0.15, -0.1) is 0 Å². The summed E-state index contributed by atoms with van der Waals surface area (Å²) >= 11 is 0. The molecule has 1 heterocycles. The third-order valence-electron chi connectivity index (χ3n) is 3.19. The lowest BCUT2D eigenvalue weighted by molar-refractivity contribution is 0.164. The largest absolute Gasteiger partial charge is 0.314 e. The Bertz CT molecular complexity index is 439. The van der Waals surface area contributed by atoms with Crippen LogP contribution in [0.1, 0.15) is 18.1 Å². The van der Waals surface area contributed by atoms with Crippen LogP contribution in [0.5, 0.6) is 0 Å². The van der Waals surface area contributed by atoms with Crippen LogP contribution in [0.2, 0.25) is 0 Å². The van der Waals surface area contributed by atoms with E-state index < -0.39 is 0 Å². The molecule has 90 valence electrons. The molecule has 0 amide bonds. The highest BCUT2D eigenvalue weighted by Gasteiger charge is 2.19. The second-order valence-corrected chi connectivity index (χ2v) is 4.44. The molecule has 1 aliphatic rings. The van der Waals surface area contributed by atoms with Gasteiger partial charge in [-0.05, 0) is 25.1 Å². The molecule has 1 saturated heterocycles. The van der Waals surface area contributed by atoms with Crippen LogP contribution in [0, 0.1) is 17.1 Å². The van der Waals surface area contributed by atoms with E-state index in [0.717, 1.165) is 19.6 Å². The fraction of sp³-hybridized carbons (Fsp3) is 0.462. The number of nitrogens with zero attached hydrogens (tertiary/aromatic N) is 2. The second-order valence-electron chi connectivity index (χ2n) is 4.44.